The molecule has 0 unspecified atom stereocenters. The number of thiazole rings is 1. The number of hydrogen-bond donors (Lipinski definition) is 1. The molecule has 6 heteroatoms. The van der Waals surface area contributed by atoms with Crippen LogP contribution < -0.4 is 9.54 Å². The molecule has 0 aliphatic carbocycles. The minimum Gasteiger partial charge on any atom is -0.508 e. The van der Waals surface area contributed by atoms with Crippen LogP contribution in [0.15, 0.2) is 76.1 Å². The number of rotatable bonds is 4. The summed E-state index contributed by atoms with van der Waals surface area (Å²) in [4.78, 5) is 5.19. The molecule has 0 amide bonds. The van der Waals surface area contributed by atoms with Gasteiger partial charge in [0.05, 0.1) is 18.5 Å². The summed E-state index contributed by atoms with van der Waals surface area (Å²) in [6.45, 7) is 1.95. The van der Waals surface area contributed by atoms with E-state index in [1.807, 2.05) is 35.9 Å². The van der Waals surface area contributed by atoms with E-state index >= 15 is 0 Å². The third kappa shape index (κ3) is 3.79. The molecule has 0 atom stereocenters. The fourth-order valence-electron chi connectivity index (χ4n) is 3.17. The SMILES string of the molecule is CN=c1scc(-c2ccc3cc(OC)ccc3c2)n1N=C(C)c1ccc(O)cc1. The first kappa shape index (κ1) is 19.0. The fraction of sp³-hybridized carbons (Fsp3) is 0.130. The van der Waals surface area contributed by atoms with Gasteiger partial charge in [-0.3, -0.25) is 4.99 Å². The molecule has 1 aromatic heterocycles. The highest BCUT2D eigenvalue weighted by Gasteiger charge is 2.10. The summed E-state index contributed by atoms with van der Waals surface area (Å²) < 4.78 is 7.19. The van der Waals surface area contributed by atoms with Crippen LogP contribution in [0, 0.1) is 0 Å². The summed E-state index contributed by atoms with van der Waals surface area (Å²) in [6, 6.07) is 19.4. The Hall–Kier alpha value is -3.38. The zero-order chi connectivity index (χ0) is 20.4. The minimum absolute atomic E-state index is 0.238. The molecule has 0 saturated carbocycles. The Morgan fingerprint density at radius 2 is 1.72 bits per heavy atom. The normalized spacial score (nSPS) is 12.5. The summed E-state index contributed by atoms with van der Waals surface area (Å²) in [5, 5.41) is 18.7. The molecule has 5 nitrogen and oxygen atoms in total. The number of phenolic OH excluding ortho intramolecular Hbond substituents is 1. The van der Waals surface area contributed by atoms with Gasteiger partial charge in [-0.2, -0.15) is 5.10 Å². The molecule has 4 aromatic rings. The van der Waals surface area contributed by atoms with Crippen LogP contribution >= 0.6 is 11.3 Å². The standard InChI is InChI=1S/C23H21N3O2S/c1-15(16-6-9-20(27)10-7-16)25-26-22(14-29-23(26)24-2)19-5-4-18-13-21(28-3)11-8-17(18)12-19/h4-14,27H,1-3H3. The maximum absolute atomic E-state index is 9.52. The highest BCUT2D eigenvalue weighted by atomic mass is 32.1. The zero-order valence-electron chi connectivity index (χ0n) is 16.5. The Morgan fingerprint density at radius 1 is 1.00 bits per heavy atom. The van der Waals surface area contributed by atoms with E-state index in [1.54, 1.807) is 37.6 Å². The molecule has 4 rings (SSSR count). The molecule has 0 aliphatic heterocycles. The van der Waals surface area contributed by atoms with Gasteiger partial charge in [-0.15, -0.1) is 11.3 Å². The van der Waals surface area contributed by atoms with Crippen molar-refractivity contribution in [2.45, 2.75) is 6.92 Å². The Kier molecular flexibility index (Phi) is 5.18. The van der Waals surface area contributed by atoms with Gasteiger partial charge in [-0.05, 0) is 65.7 Å². The van der Waals surface area contributed by atoms with Crippen LogP contribution in [0.3, 0.4) is 0 Å². The summed E-state index contributed by atoms with van der Waals surface area (Å²) in [5.41, 5.74) is 3.83. The van der Waals surface area contributed by atoms with Gasteiger partial charge >= 0.3 is 0 Å². The summed E-state index contributed by atoms with van der Waals surface area (Å²) >= 11 is 1.55. The number of fused-ring (bicyclic) bond motifs is 1. The first-order valence-corrected chi connectivity index (χ1v) is 10.0. The lowest BCUT2D eigenvalue weighted by Gasteiger charge is -2.08. The second-order valence-corrected chi connectivity index (χ2v) is 7.44. The second kappa shape index (κ2) is 7.93. The topological polar surface area (TPSA) is 59.1 Å². The van der Waals surface area contributed by atoms with Crippen molar-refractivity contribution in [2.75, 3.05) is 14.2 Å². The van der Waals surface area contributed by atoms with Gasteiger partial charge in [0, 0.05) is 18.0 Å². The van der Waals surface area contributed by atoms with Gasteiger partial charge in [0.1, 0.15) is 11.5 Å². The molecule has 0 saturated heterocycles. The number of ether oxygens (including phenoxy) is 1. The van der Waals surface area contributed by atoms with Crippen molar-refractivity contribution in [3.05, 3.63) is 76.4 Å². The fourth-order valence-corrected chi connectivity index (χ4v) is 3.96. The molecule has 0 spiro atoms. The van der Waals surface area contributed by atoms with E-state index in [2.05, 4.69) is 34.6 Å². The lowest BCUT2D eigenvalue weighted by Crippen LogP contribution is -2.13. The summed E-state index contributed by atoms with van der Waals surface area (Å²) in [6.07, 6.45) is 0. The molecule has 1 N–H and O–H groups in total. The number of aromatic hydroxyl groups is 1. The van der Waals surface area contributed by atoms with Crippen molar-refractivity contribution in [2.24, 2.45) is 10.1 Å². The van der Waals surface area contributed by atoms with E-state index in [0.29, 0.717) is 0 Å². The summed E-state index contributed by atoms with van der Waals surface area (Å²) in [5.74, 6) is 1.08. The van der Waals surface area contributed by atoms with E-state index in [4.69, 9.17) is 9.84 Å². The lowest BCUT2D eigenvalue weighted by atomic mass is 10.1. The maximum Gasteiger partial charge on any atom is 0.205 e. The van der Waals surface area contributed by atoms with Crippen LogP contribution in [-0.4, -0.2) is 29.7 Å². The number of benzene rings is 3. The first-order chi connectivity index (χ1) is 14.1. The average Bonchev–Trinajstić information content (AvgIpc) is 3.15. The predicted molar refractivity (Wildman–Crippen MR) is 119 cm³/mol. The van der Waals surface area contributed by atoms with Crippen LogP contribution in [0.25, 0.3) is 22.0 Å². The van der Waals surface area contributed by atoms with Gasteiger partial charge in [-0.1, -0.05) is 18.2 Å². The molecule has 29 heavy (non-hydrogen) atoms. The quantitative estimate of drug-likeness (QED) is 0.493. The molecule has 0 fully saturated rings. The smallest absolute Gasteiger partial charge is 0.205 e. The van der Waals surface area contributed by atoms with Gasteiger partial charge < -0.3 is 9.84 Å². The van der Waals surface area contributed by atoms with Crippen molar-refractivity contribution < 1.29 is 9.84 Å². The van der Waals surface area contributed by atoms with E-state index in [-0.39, 0.29) is 5.75 Å². The third-order valence-corrected chi connectivity index (χ3v) is 5.66. The molecule has 1 heterocycles. The number of aromatic nitrogens is 1. The third-order valence-electron chi connectivity index (χ3n) is 4.75. The number of methoxy groups -OCH3 is 1. The van der Waals surface area contributed by atoms with Gasteiger partial charge in [0.15, 0.2) is 0 Å². The van der Waals surface area contributed by atoms with Crippen LogP contribution in [0.4, 0.5) is 0 Å². The van der Waals surface area contributed by atoms with Crippen LogP contribution in [0.5, 0.6) is 11.5 Å². The van der Waals surface area contributed by atoms with E-state index < -0.39 is 0 Å². The van der Waals surface area contributed by atoms with E-state index in [1.165, 1.54) is 0 Å². The Bertz CT molecular complexity index is 1270. The monoisotopic (exact) mass is 403 g/mol. The van der Waals surface area contributed by atoms with E-state index in [0.717, 1.165) is 43.9 Å². The van der Waals surface area contributed by atoms with Gasteiger partial charge in [0.25, 0.3) is 0 Å². The highest BCUT2D eigenvalue weighted by Crippen LogP contribution is 2.27. The summed E-state index contributed by atoms with van der Waals surface area (Å²) in [7, 11) is 3.44. The van der Waals surface area contributed by atoms with Crippen molar-refractivity contribution in [3.8, 4) is 22.8 Å². The van der Waals surface area contributed by atoms with Gasteiger partial charge in [-0.25, -0.2) is 4.68 Å². The average molecular weight is 404 g/mol. The Morgan fingerprint density at radius 3 is 2.45 bits per heavy atom. The molecule has 0 radical (unpaired) electrons. The Labute approximate surface area is 172 Å². The van der Waals surface area contributed by atoms with Gasteiger partial charge in [0.2, 0.25) is 4.80 Å². The molecular weight excluding hydrogens is 382 g/mol. The van der Waals surface area contributed by atoms with Crippen LogP contribution in [-0.2, 0) is 0 Å². The molecule has 3 aromatic carbocycles. The number of hydrogen-bond acceptors (Lipinski definition) is 5. The second-order valence-electron chi connectivity index (χ2n) is 6.60. The van der Waals surface area contributed by atoms with Crippen LogP contribution in [0.2, 0.25) is 0 Å². The van der Waals surface area contributed by atoms with E-state index in [9.17, 15) is 5.11 Å². The van der Waals surface area contributed by atoms with Crippen LogP contribution in [0.1, 0.15) is 12.5 Å². The largest absolute Gasteiger partial charge is 0.508 e. The first-order valence-electron chi connectivity index (χ1n) is 9.15. The zero-order valence-corrected chi connectivity index (χ0v) is 17.3. The molecular formula is C23H21N3O2S. The van der Waals surface area contributed by atoms with Crippen molar-refractivity contribution >= 4 is 27.8 Å². The van der Waals surface area contributed by atoms with Crippen molar-refractivity contribution in [1.29, 1.82) is 0 Å². The van der Waals surface area contributed by atoms with Crippen molar-refractivity contribution in [1.82, 2.24) is 4.68 Å². The maximum atomic E-state index is 9.52. The Balaban J connectivity index is 1.81. The highest BCUT2D eigenvalue weighted by molar-refractivity contribution is 7.07. The molecule has 0 aliphatic rings. The van der Waals surface area contributed by atoms with Crippen molar-refractivity contribution in [3.63, 3.8) is 0 Å². The molecule has 146 valence electrons. The predicted octanol–water partition coefficient (Wildman–Crippen LogP) is 4.89. The minimum atomic E-state index is 0.238. The number of phenols is 1. The number of nitrogens with zero attached hydrogens (tertiary/aromatic N) is 3. The lowest BCUT2D eigenvalue weighted by molar-refractivity contribution is 0.415. The molecule has 0 bridgehead atoms.